The van der Waals surface area contributed by atoms with Gasteiger partial charge in [0.25, 0.3) is 0 Å². The van der Waals surface area contributed by atoms with E-state index in [-0.39, 0.29) is 5.91 Å². The van der Waals surface area contributed by atoms with Crippen molar-refractivity contribution in [3.8, 4) is 0 Å². The molecule has 0 radical (unpaired) electrons. The Morgan fingerprint density at radius 1 is 1.39 bits per heavy atom. The number of anilines is 1. The van der Waals surface area contributed by atoms with E-state index in [1.165, 1.54) is 5.56 Å². The summed E-state index contributed by atoms with van der Waals surface area (Å²) in [6.07, 6.45) is 0. The average molecular weight is 330 g/mol. The van der Waals surface area contributed by atoms with E-state index in [0.29, 0.717) is 12.6 Å². The maximum atomic E-state index is 12.5. The summed E-state index contributed by atoms with van der Waals surface area (Å²) in [5.41, 5.74) is 3.80. The van der Waals surface area contributed by atoms with Gasteiger partial charge in [0.15, 0.2) is 0 Å². The van der Waals surface area contributed by atoms with E-state index in [1.807, 2.05) is 31.7 Å². The van der Waals surface area contributed by atoms with Gasteiger partial charge in [-0.3, -0.25) is 14.8 Å². The predicted molar refractivity (Wildman–Crippen MR) is 94.8 cm³/mol. The Morgan fingerprint density at radius 2 is 2.17 bits per heavy atom. The number of aromatic nitrogens is 2. The van der Waals surface area contributed by atoms with Crippen LogP contribution in [0.1, 0.15) is 23.0 Å². The van der Waals surface area contributed by atoms with Crippen LogP contribution in [0.4, 0.5) is 5.69 Å². The lowest BCUT2D eigenvalue weighted by Gasteiger charge is -2.35. The van der Waals surface area contributed by atoms with Crippen molar-refractivity contribution in [1.82, 2.24) is 15.1 Å². The molecule has 2 N–H and O–H groups in total. The number of aromatic amines is 1. The third kappa shape index (κ3) is 3.76. The van der Waals surface area contributed by atoms with Crippen LogP contribution in [0.3, 0.4) is 0 Å². The molecule has 1 aromatic carbocycles. The van der Waals surface area contributed by atoms with Crippen molar-refractivity contribution in [2.45, 2.75) is 19.9 Å². The number of carbonyl (C=O) groups is 1. The van der Waals surface area contributed by atoms with Crippen LogP contribution in [0.15, 0.2) is 30.3 Å². The Hall–Kier alpha value is -1.79. The monoisotopic (exact) mass is 330 g/mol. The molecule has 3 rings (SSSR count). The minimum atomic E-state index is 0.0189. The topological polar surface area (TPSA) is 61.0 Å². The van der Waals surface area contributed by atoms with Crippen LogP contribution in [0, 0.1) is 13.8 Å². The predicted octanol–water partition coefficient (Wildman–Crippen LogP) is 2.76. The molecule has 0 aliphatic carbocycles. The molecule has 6 heteroatoms. The van der Waals surface area contributed by atoms with Gasteiger partial charge in [-0.2, -0.15) is 16.9 Å². The van der Waals surface area contributed by atoms with Crippen molar-refractivity contribution in [1.29, 1.82) is 0 Å². The summed E-state index contributed by atoms with van der Waals surface area (Å²) < 4.78 is 0. The molecule has 5 nitrogen and oxygen atoms in total. The van der Waals surface area contributed by atoms with Crippen LogP contribution >= 0.6 is 11.8 Å². The fourth-order valence-corrected chi connectivity index (χ4v) is 4.06. The number of benzene rings is 1. The molecular weight excluding hydrogens is 308 g/mol. The fraction of sp³-hybridized carbons (Fsp3) is 0.412. The van der Waals surface area contributed by atoms with Crippen molar-refractivity contribution < 1.29 is 4.79 Å². The third-order valence-electron chi connectivity index (χ3n) is 4.16. The SMILES string of the molecule is Cc1n[nH]c(C)c1NC(=O)CN1CCSC[C@H]1c1ccccc1. The minimum Gasteiger partial charge on any atom is -0.322 e. The first-order valence-electron chi connectivity index (χ1n) is 7.83. The molecule has 2 aromatic rings. The Morgan fingerprint density at radius 3 is 2.87 bits per heavy atom. The first-order valence-corrected chi connectivity index (χ1v) is 8.99. The summed E-state index contributed by atoms with van der Waals surface area (Å²) >= 11 is 1.95. The fourth-order valence-electron chi connectivity index (χ4n) is 2.91. The zero-order valence-corrected chi connectivity index (χ0v) is 14.3. The summed E-state index contributed by atoms with van der Waals surface area (Å²) in [7, 11) is 0. The van der Waals surface area contributed by atoms with E-state index in [9.17, 15) is 4.79 Å². The first-order chi connectivity index (χ1) is 11.1. The number of H-pyrrole nitrogens is 1. The van der Waals surface area contributed by atoms with Gasteiger partial charge in [0.1, 0.15) is 0 Å². The highest BCUT2D eigenvalue weighted by Crippen LogP contribution is 2.29. The van der Waals surface area contributed by atoms with Crippen LogP contribution in [-0.4, -0.2) is 45.6 Å². The van der Waals surface area contributed by atoms with Crippen LogP contribution < -0.4 is 5.32 Å². The van der Waals surface area contributed by atoms with Crippen molar-refractivity contribution in [2.24, 2.45) is 0 Å². The van der Waals surface area contributed by atoms with Gasteiger partial charge in [-0.1, -0.05) is 30.3 Å². The molecule has 2 heterocycles. The van der Waals surface area contributed by atoms with Crippen LogP contribution in [0.25, 0.3) is 0 Å². The van der Waals surface area contributed by atoms with Gasteiger partial charge in [-0.25, -0.2) is 0 Å². The first kappa shape index (κ1) is 16.1. The molecule has 122 valence electrons. The van der Waals surface area contributed by atoms with Crippen LogP contribution in [-0.2, 0) is 4.79 Å². The van der Waals surface area contributed by atoms with E-state index in [2.05, 4.69) is 44.7 Å². The average Bonchev–Trinajstić information content (AvgIpc) is 2.88. The van der Waals surface area contributed by atoms with Crippen molar-refractivity contribution in [3.05, 3.63) is 47.3 Å². The van der Waals surface area contributed by atoms with E-state index >= 15 is 0 Å². The smallest absolute Gasteiger partial charge is 0.238 e. The van der Waals surface area contributed by atoms with Gasteiger partial charge < -0.3 is 5.32 Å². The second-order valence-corrected chi connectivity index (χ2v) is 6.98. The number of aryl methyl sites for hydroxylation is 2. The van der Waals surface area contributed by atoms with Gasteiger partial charge in [0, 0.05) is 24.1 Å². The molecule has 0 unspecified atom stereocenters. The molecular formula is C17H22N4OS. The van der Waals surface area contributed by atoms with Crippen LogP contribution in [0.2, 0.25) is 0 Å². The number of amides is 1. The summed E-state index contributed by atoms with van der Waals surface area (Å²) in [4.78, 5) is 14.7. The number of carbonyl (C=O) groups excluding carboxylic acids is 1. The highest BCUT2D eigenvalue weighted by atomic mass is 32.2. The quantitative estimate of drug-likeness (QED) is 0.905. The van der Waals surface area contributed by atoms with Crippen molar-refractivity contribution in [2.75, 3.05) is 29.9 Å². The third-order valence-corrected chi connectivity index (χ3v) is 5.19. The Balaban J connectivity index is 1.68. The Bertz CT molecular complexity index is 651. The normalized spacial score (nSPS) is 18.8. The molecule has 1 aromatic heterocycles. The lowest BCUT2D eigenvalue weighted by molar-refractivity contribution is -0.117. The van der Waals surface area contributed by atoms with E-state index in [0.717, 1.165) is 35.1 Å². The molecule has 23 heavy (non-hydrogen) atoms. The van der Waals surface area contributed by atoms with Crippen molar-refractivity contribution >= 4 is 23.4 Å². The number of nitrogens with one attached hydrogen (secondary N) is 2. The second kappa shape index (κ2) is 7.19. The molecule has 0 spiro atoms. The maximum Gasteiger partial charge on any atom is 0.238 e. The van der Waals surface area contributed by atoms with Gasteiger partial charge in [-0.05, 0) is 19.4 Å². The highest BCUT2D eigenvalue weighted by Gasteiger charge is 2.26. The van der Waals surface area contributed by atoms with Gasteiger partial charge in [0.2, 0.25) is 5.91 Å². The number of rotatable bonds is 4. The van der Waals surface area contributed by atoms with Crippen molar-refractivity contribution in [3.63, 3.8) is 0 Å². The standard InChI is InChI=1S/C17H22N4OS/c1-12-17(13(2)20-19-12)18-16(22)10-21-8-9-23-11-15(21)14-6-4-3-5-7-14/h3-7,15H,8-11H2,1-2H3,(H,18,22)(H,19,20)/t15-/m0/s1. The molecule has 1 saturated heterocycles. The zero-order valence-electron chi connectivity index (χ0n) is 13.5. The summed E-state index contributed by atoms with van der Waals surface area (Å²) in [5, 5.41) is 10.0. The van der Waals surface area contributed by atoms with E-state index in [1.54, 1.807) is 0 Å². The Labute approximate surface area is 140 Å². The highest BCUT2D eigenvalue weighted by molar-refractivity contribution is 7.99. The number of thioether (sulfide) groups is 1. The minimum absolute atomic E-state index is 0.0189. The van der Waals surface area contributed by atoms with Gasteiger partial charge >= 0.3 is 0 Å². The molecule has 1 fully saturated rings. The number of hydrogen-bond donors (Lipinski definition) is 2. The van der Waals surface area contributed by atoms with Gasteiger partial charge in [-0.15, -0.1) is 0 Å². The van der Waals surface area contributed by atoms with E-state index < -0.39 is 0 Å². The lowest BCUT2D eigenvalue weighted by Crippen LogP contribution is -2.41. The largest absolute Gasteiger partial charge is 0.322 e. The maximum absolute atomic E-state index is 12.5. The summed E-state index contributed by atoms with van der Waals surface area (Å²) in [6.45, 7) is 5.15. The number of hydrogen-bond acceptors (Lipinski definition) is 4. The summed E-state index contributed by atoms with van der Waals surface area (Å²) in [6, 6.07) is 10.7. The molecule has 1 aliphatic rings. The second-order valence-electron chi connectivity index (χ2n) is 5.83. The zero-order chi connectivity index (χ0) is 16.2. The molecule has 1 aliphatic heterocycles. The summed E-state index contributed by atoms with van der Waals surface area (Å²) in [5.74, 6) is 2.12. The van der Waals surface area contributed by atoms with Crippen LogP contribution in [0.5, 0.6) is 0 Å². The Kier molecular flexibility index (Phi) is 5.03. The molecule has 0 saturated carbocycles. The molecule has 0 bridgehead atoms. The van der Waals surface area contributed by atoms with Gasteiger partial charge in [0.05, 0.1) is 23.6 Å². The number of nitrogens with zero attached hydrogens (tertiary/aromatic N) is 2. The lowest BCUT2D eigenvalue weighted by atomic mass is 10.1. The van der Waals surface area contributed by atoms with E-state index in [4.69, 9.17) is 0 Å². The molecule has 1 atom stereocenters. The molecule has 1 amide bonds.